The lowest BCUT2D eigenvalue weighted by Gasteiger charge is -2.04. The summed E-state index contributed by atoms with van der Waals surface area (Å²) in [5.74, 6) is 0.850. The van der Waals surface area contributed by atoms with Crippen LogP contribution in [0.4, 0.5) is 0 Å². The highest BCUT2D eigenvalue weighted by atomic mass is 16.5. The molecule has 0 fully saturated rings. The molecule has 1 aromatic heterocycles. The molecule has 0 aliphatic heterocycles. The molecule has 1 aromatic carbocycles. The minimum atomic E-state index is -0.162. The Hall–Kier alpha value is -2.03. The zero-order valence-corrected chi connectivity index (χ0v) is 8.97. The summed E-state index contributed by atoms with van der Waals surface area (Å²) in [6.45, 7) is 1.99. The Morgan fingerprint density at radius 1 is 1.25 bits per heavy atom. The Bertz CT molecular complexity index is 454. The maximum absolute atomic E-state index is 11.5. The predicted octanol–water partition coefficient (Wildman–Crippen LogP) is 2.85. The summed E-state index contributed by atoms with van der Waals surface area (Å²) in [4.78, 5) is 11.5. The lowest BCUT2D eigenvalue weighted by molar-refractivity contribution is 0.0894. The topological polar surface area (TPSA) is 39.4 Å². The van der Waals surface area contributed by atoms with E-state index < -0.39 is 0 Å². The smallest absolute Gasteiger partial charge is 0.235 e. The Morgan fingerprint density at radius 2 is 2.00 bits per heavy atom. The average Bonchev–Trinajstić information content (AvgIpc) is 2.81. The van der Waals surface area contributed by atoms with Gasteiger partial charge in [0.15, 0.2) is 12.4 Å². The summed E-state index contributed by atoms with van der Waals surface area (Å²) in [6, 6.07) is 10.9. The van der Waals surface area contributed by atoms with Crippen LogP contribution in [0, 0.1) is 6.92 Å². The van der Waals surface area contributed by atoms with Crippen molar-refractivity contribution in [2.24, 2.45) is 0 Å². The van der Waals surface area contributed by atoms with Crippen molar-refractivity contribution in [1.82, 2.24) is 0 Å². The lowest BCUT2D eigenvalue weighted by atomic mass is 10.2. The van der Waals surface area contributed by atoms with Gasteiger partial charge in [-0.3, -0.25) is 4.79 Å². The summed E-state index contributed by atoms with van der Waals surface area (Å²) in [5, 5.41) is 0. The first-order valence-electron chi connectivity index (χ1n) is 5.02. The second-order valence-corrected chi connectivity index (χ2v) is 3.50. The number of ether oxygens (including phenoxy) is 1. The molecule has 0 radical (unpaired) electrons. The van der Waals surface area contributed by atoms with E-state index >= 15 is 0 Å². The third-order valence-corrected chi connectivity index (χ3v) is 2.19. The monoisotopic (exact) mass is 216 g/mol. The van der Waals surface area contributed by atoms with Crippen LogP contribution in [-0.2, 0) is 0 Å². The second kappa shape index (κ2) is 4.66. The van der Waals surface area contributed by atoms with Crippen molar-refractivity contribution in [2.45, 2.75) is 6.92 Å². The van der Waals surface area contributed by atoms with Crippen LogP contribution in [0.2, 0.25) is 0 Å². The van der Waals surface area contributed by atoms with E-state index in [1.807, 2.05) is 31.2 Å². The van der Waals surface area contributed by atoms with Crippen LogP contribution in [0.25, 0.3) is 0 Å². The van der Waals surface area contributed by atoms with Gasteiger partial charge in [-0.05, 0) is 31.2 Å². The molecule has 82 valence electrons. The molecule has 0 aliphatic rings. The van der Waals surface area contributed by atoms with Crippen LogP contribution in [-0.4, -0.2) is 12.4 Å². The van der Waals surface area contributed by atoms with Gasteiger partial charge in [0.2, 0.25) is 5.78 Å². The first-order valence-corrected chi connectivity index (χ1v) is 5.02. The number of carbonyl (C=O) groups excluding carboxylic acids is 1. The van der Waals surface area contributed by atoms with Crippen molar-refractivity contribution >= 4 is 5.78 Å². The third-order valence-electron chi connectivity index (χ3n) is 2.19. The van der Waals surface area contributed by atoms with Gasteiger partial charge in [0.05, 0.1) is 6.26 Å². The van der Waals surface area contributed by atoms with Gasteiger partial charge in [-0.15, -0.1) is 0 Å². The van der Waals surface area contributed by atoms with Gasteiger partial charge >= 0.3 is 0 Å². The molecule has 2 aromatic rings. The van der Waals surface area contributed by atoms with Crippen molar-refractivity contribution < 1.29 is 13.9 Å². The van der Waals surface area contributed by atoms with Crippen molar-refractivity contribution in [2.75, 3.05) is 6.61 Å². The van der Waals surface area contributed by atoms with Crippen molar-refractivity contribution in [1.29, 1.82) is 0 Å². The molecule has 0 saturated heterocycles. The summed E-state index contributed by atoms with van der Waals surface area (Å²) in [5.41, 5.74) is 1.16. The Morgan fingerprint density at radius 3 is 2.62 bits per heavy atom. The first kappa shape index (κ1) is 10.5. The molecule has 0 atom stereocenters. The lowest BCUT2D eigenvalue weighted by Crippen LogP contribution is -2.10. The van der Waals surface area contributed by atoms with Gasteiger partial charge in [0, 0.05) is 0 Å². The highest BCUT2D eigenvalue weighted by Gasteiger charge is 2.08. The van der Waals surface area contributed by atoms with Gasteiger partial charge in [-0.25, -0.2) is 0 Å². The van der Waals surface area contributed by atoms with Crippen LogP contribution >= 0.6 is 0 Å². The molecular weight excluding hydrogens is 204 g/mol. The van der Waals surface area contributed by atoms with Gasteiger partial charge in [-0.2, -0.15) is 0 Å². The van der Waals surface area contributed by atoms with Crippen molar-refractivity contribution in [3.05, 3.63) is 54.0 Å². The number of rotatable bonds is 4. The molecule has 0 spiro atoms. The van der Waals surface area contributed by atoms with E-state index in [9.17, 15) is 4.79 Å². The average molecular weight is 216 g/mol. The fourth-order valence-electron chi connectivity index (χ4n) is 1.29. The molecule has 0 amide bonds. The molecule has 1 heterocycles. The second-order valence-electron chi connectivity index (χ2n) is 3.50. The van der Waals surface area contributed by atoms with Crippen LogP contribution in [0.15, 0.2) is 47.1 Å². The summed E-state index contributed by atoms with van der Waals surface area (Å²) >= 11 is 0. The van der Waals surface area contributed by atoms with E-state index in [0.717, 1.165) is 5.56 Å². The minimum absolute atomic E-state index is 0.00340. The van der Waals surface area contributed by atoms with E-state index in [2.05, 4.69) is 0 Å². The maximum atomic E-state index is 11.5. The zero-order valence-electron chi connectivity index (χ0n) is 8.97. The van der Waals surface area contributed by atoms with E-state index in [1.165, 1.54) is 6.26 Å². The molecule has 0 bridgehead atoms. The normalized spacial score (nSPS) is 10.1. The molecule has 0 N–H and O–H groups in total. The van der Waals surface area contributed by atoms with Crippen LogP contribution in [0.3, 0.4) is 0 Å². The molecule has 3 nitrogen and oxygen atoms in total. The van der Waals surface area contributed by atoms with Gasteiger partial charge in [-0.1, -0.05) is 17.7 Å². The predicted molar refractivity (Wildman–Crippen MR) is 59.7 cm³/mol. The van der Waals surface area contributed by atoms with E-state index in [1.54, 1.807) is 12.1 Å². The number of hydrogen-bond donors (Lipinski definition) is 0. The summed E-state index contributed by atoms with van der Waals surface area (Å²) in [6.07, 6.45) is 1.47. The summed E-state index contributed by atoms with van der Waals surface area (Å²) < 4.78 is 10.3. The van der Waals surface area contributed by atoms with Gasteiger partial charge < -0.3 is 9.15 Å². The highest BCUT2D eigenvalue weighted by Crippen LogP contribution is 2.12. The Balaban J connectivity index is 1.93. The SMILES string of the molecule is Cc1ccc(OCC(=O)c2ccco2)cc1. The van der Waals surface area contributed by atoms with E-state index in [4.69, 9.17) is 9.15 Å². The van der Waals surface area contributed by atoms with Crippen LogP contribution < -0.4 is 4.74 Å². The minimum Gasteiger partial charge on any atom is -0.485 e. The molecule has 0 unspecified atom stereocenters. The van der Waals surface area contributed by atoms with Gasteiger partial charge in [0.25, 0.3) is 0 Å². The highest BCUT2D eigenvalue weighted by molar-refractivity contribution is 5.94. The Kier molecular flexibility index (Phi) is 3.05. The molecule has 0 aliphatic carbocycles. The zero-order chi connectivity index (χ0) is 11.4. The van der Waals surface area contributed by atoms with Crippen LogP contribution in [0.1, 0.15) is 16.1 Å². The molecule has 16 heavy (non-hydrogen) atoms. The van der Waals surface area contributed by atoms with Crippen molar-refractivity contribution in [3.63, 3.8) is 0 Å². The third kappa shape index (κ3) is 2.51. The molecule has 2 rings (SSSR count). The molecular formula is C13H12O3. The fourth-order valence-corrected chi connectivity index (χ4v) is 1.29. The number of hydrogen-bond acceptors (Lipinski definition) is 3. The number of benzene rings is 1. The quantitative estimate of drug-likeness (QED) is 0.738. The molecule has 3 heteroatoms. The number of Topliss-reactive ketones (excluding diaryl/α,β-unsaturated/α-hetero) is 1. The number of carbonyl (C=O) groups is 1. The van der Waals surface area contributed by atoms with E-state index in [0.29, 0.717) is 11.5 Å². The first-order chi connectivity index (χ1) is 7.75. The fraction of sp³-hybridized carbons (Fsp3) is 0.154. The van der Waals surface area contributed by atoms with Crippen LogP contribution in [0.5, 0.6) is 5.75 Å². The number of aryl methyl sites for hydroxylation is 1. The Labute approximate surface area is 93.7 Å². The largest absolute Gasteiger partial charge is 0.485 e. The number of furan rings is 1. The van der Waals surface area contributed by atoms with Crippen molar-refractivity contribution in [3.8, 4) is 5.75 Å². The van der Waals surface area contributed by atoms with Gasteiger partial charge in [0.1, 0.15) is 5.75 Å². The maximum Gasteiger partial charge on any atom is 0.235 e. The van der Waals surface area contributed by atoms with E-state index in [-0.39, 0.29) is 12.4 Å². The standard InChI is InChI=1S/C13H12O3/c1-10-4-6-11(7-5-10)16-9-12(14)13-3-2-8-15-13/h2-8H,9H2,1H3. The molecule has 0 saturated carbocycles. The summed E-state index contributed by atoms with van der Waals surface area (Å²) in [7, 11) is 0. The number of ketones is 1.